The van der Waals surface area contributed by atoms with Crippen LogP contribution in [-0.4, -0.2) is 48.2 Å². The largest absolute Gasteiger partial charge is 0.490 e. The molecule has 1 aliphatic rings. The average molecular weight is 441 g/mol. The molecule has 2 aromatic rings. The second kappa shape index (κ2) is 9.47. The van der Waals surface area contributed by atoms with Gasteiger partial charge in [0.2, 0.25) is 0 Å². The topological polar surface area (TPSA) is 50.8 Å². The molecule has 9 heteroatoms. The summed E-state index contributed by atoms with van der Waals surface area (Å²) < 4.78 is 38.7. The molecule has 1 fully saturated rings. The summed E-state index contributed by atoms with van der Waals surface area (Å²) in [6, 6.07) is 7.97. The van der Waals surface area contributed by atoms with Gasteiger partial charge in [0.05, 0.1) is 17.9 Å². The Balaban J connectivity index is 1.60. The van der Waals surface area contributed by atoms with Gasteiger partial charge < -0.3 is 19.7 Å². The highest BCUT2D eigenvalue weighted by Crippen LogP contribution is 2.22. The van der Waals surface area contributed by atoms with Crippen molar-refractivity contribution in [1.82, 2.24) is 4.90 Å². The smallest absolute Gasteiger partial charge is 0.173 e. The van der Waals surface area contributed by atoms with Crippen LogP contribution in [0.25, 0.3) is 0 Å². The average Bonchev–Trinajstić information content (AvgIpc) is 2.70. The zero-order valence-electron chi connectivity index (χ0n) is 15.6. The summed E-state index contributed by atoms with van der Waals surface area (Å²) >= 11 is 11.3. The van der Waals surface area contributed by atoms with Crippen molar-refractivity contribution in [3.63, 3.8) is 0 Å². The third kappa shape index (κ3) is 5.62. The number of Topliss-reactive ketones (excluding diaryl/α,β-unsaturated/α-hetero) is 1. The molecular weight excluding hydrogens is 422 g/mol. The van der Waals surface area contributed by atoms with Gasteiger partial charge in [-0.3, -0.25) is 4.79 Å². The standard InChI is InChI=1S/C20H19ClF2N2O3S/c1-12(26)16-9-14(22)3-5-19(16)28-11-15-10-25(6-7-27-15)20(29)24-18-8-13(21)2-4-17(18)23/h2-5,8-9,15H,6-7,10-11H2,1H3,(H,24,29). The van der Waals surface area contributed by atoms with Crippen molar-refractivity contribution in [3.8, 4) is 5.75 Å². The fourth-order valence-corrected chi connectivity index (χ4v) is 3.33. The Morgan fingerprint density at radius 3 is 2.90 bits per heavy atom. The SMILES string of the molecule is CC(=O)c1cc(F)ccc1OCC1CN(C(=S)Nc2cc(Cl)ccc2F)CCO1. The minimum atomic E-state index is -0.507. The van der Waals surface area contributed by atoms with Gasteiger partial charge in [-0.05, 0) is 55.5 Å². The van der Waals surface area contributed by atoms with Gasteiger partial charge >= 0.3 is 0 Å². The van der Waals surface area contributed by atoms with E-state index in [0.29, 0.717) is 35.6 Å². The van der Waals surface area contributed by atoms with Gasteiger partial charge in [0.25, 0.3) is 0 Å². The van der Waals surface area contributed by atoms with E-state index in [1.807, 2.05) is 4.90 Å². The molecule has 0 saturated carbocycles. The fourth-order valence-electron chi connectivity index (χ4n) is 2.88. The summed E-state index contributed by atoms with van der Waals surface area (Å²) in [5.41, 5.74) is 0.366. The summed E-state index contributed by atoms with van der Waals surface area (Å²) in [5, 5.41) is 3.59. The number of ether oxygens (including phenoxy) is 2. The molecule has 2 aromatic carbocycles. The van der Waals surface area contributed by atoms with Crippen LogP contribution in [0.5, 0.6) is 5.75 Å². The first-order valence-corrected chi connectivity index (χ1v) is 9.68. The molecule has 0 radical (unpaired) electrons. The monoisotopic (exact) mass is 440 g/mol. The molecule has 5 nitrogen and oxygen atoms in total. The van der Waals surface area contributed by atoms with E-state index in [1.165, 1.54) is 37.3 Å². The van der Waals surface area contributed by atoms with E-state index >= 15 is 0 Å². The van der Waals surface area contributed by atoms with Gasteiger partial charge in [-0.15, -0.1) is 0 Å². The van der Waals surface area contributed by atoms with Crippen LogP contribution < -0.4 is 10.1 Å². The maximum absolute atomic E-state index is 13.9. The van der Waals surface area contributed by atoms with Crippen molar-refractivity contribution < 1.29 is 23.0 Å². The third-order valence-corrected chi connectivity index (χ3v) is 4.94. The summed E-state index contributed by atoms with van der Waals surface area (Å²) in [5.74, 6) is -0.966. The van der Waals surface area contributed by atoms with Crippen LogP contribution in [0.1, 0.15) is 17.3 Å². The van der Waals surface area contributed by atoms with Crippen LogP contribution in [0.2, 0.25) is 5.02 Å². The van der Waals surface area contributed by atoms with Gasteiger partial charge in [-0.25, -0.2) is 8.78 Å². The molecule has 0 aromatic heterocycles. The number of nitrogens with zero attached hydrogens (tertiary/aromatic N) is 1. The molecule has 1 heterocycles. The third-order valence-electron chi connectivity index (χ3n) is 4.34. The van der Waals surface area contributed by atoms with Crippen molar-refractivity contribution in [1.29, 1.82) is 0 Å². The van der Waals surface area contributed by atoms with Gasteiger partial charge in [-0.1, -0.05) is 11.6 Å². The first-order chi connectivity index (χ1) is 13.8. The number of ketones is 1. The maximum atomic E-state index is 13.9. The zero-order valence-corrected chi connectivity index (χ0v) is 17.2. The van der Waals surface area contributed by atoms with Crippen LogP contribution in [0, 0.1) is 11.6 Å². The summed E-state index contributed by atoms with van der Waals surface area (Å²) in [7, 11) is 0. The lowest BCUT2D eigenvalue weighted by Crippen LogP contribution is -2.49. The first kappa shape index (κ1) is 21.4. The molecule has 1 N–H and O–H groups in total. The quantitative estimate of drug-likeness (QED) is 0.552. The molecule has 0 bridgehead atoms. The Hall–Kier alpha value is -2.29. The van der Waals surface area contributed by atoms with Crippen LogP contribution >= 0.6 is 23.8 Å². The molecule has 1 unspecified atom stereocenters. The lowest BCUT2D eigenvalue weighted by atomic mass is 10.1. The number of hydrogen-bond donors (Lipinski definition) is 1. The maximum Gasteiger partial charge on any atom is 0.173 e. The van der Waals surface area contributed by atoms with Gasteiger partial charge in [0.15, 0.2) is 10.9 Å². The number of carbonyl (C=O) groups is 1. The highest BCUT2D eigenvalue weighted by molar-refractivity contribution is 7.80. The molecule has 3 rings (SSSR count). The van der Waals surface area contributed by atoms with Crippen molar-refractivity contribution in [3.05, 3.63) is 58.6 Å². The second-order valence-corrected chi connectivity index (χ2v) is 7.32. The minimum absolute atomic E-state index is 0.149. The van der Waals surface area contributed by atoms with E-state index in [-0.39, 0.29) is 29.7 Å². The van der Waals surface area contributed by atoms with Gasteiger partial charge in [0, 0.05) is 18.1 Å². The molecule has 0 aliphatic carbocycles. The van der Waals surface area contributed by atoms with Crippen LogP contribution in [0.15, 0.2) is 36.4 Å². The summed E-state index contributed by atoms with van der Waals surface area (Å²) in [4.78, 5) is 13.5. The molecule has 154 valence electrons. The number of rotatable bonds is 5. The Morgan fingerprint density at radius 1 is 1.34 bits per heavy atom. The molecule has 1 aliphatic heterocycles. The molecule has 29 heavy (non-hydrogen) atoms. The molecular formula is C20H19ClF2N2O3S. The van der Waals surface area contributed by atoms with Crippen molar-refractivity contribution in [2.24, 2.45) is 0 Å². The normalized spacial score (nSPS) is 16.4. The van der Waals surface area contributed by atoms with Crippen molar-refractivity contribution in [2.75, 3.05) is 31.6 Å². The van der Waals surface area contributed by atoms with Crippen molar-refractivity contribution >= 4 is 40.4 Å². The van der Waals surface area contributed by atoms with Crippen LogP contribution in [-0.2, 0) is 4.74 Å². The van der Waals surface area contributed by atoms with E-state index in [9.17, 15) is 13.6 Å². The van der Waals surface area contributed by atoms with Crippen LogP contribution in [0.4, 0.5) is 14.5 Å². The first-order valence-electron chi connectivity index (χ1n) is 8.89. The Labute approximate surface area is 177 Å². The van der Waals surface area contributed by atoms with E-state index in [0.717, 1.165) is 6.07 Å². The number of halogens is 3. The summed E-state index contributed by atoms with van der Waals surface area (Å²) in [6.45, 7) is 2.83. The number of anilines is 1. The van der Waals surface area contributed by atoms with E-state index in [2.05, 4.69) is 5.32 Å². The molecule has 1 saturated heterocycles. The van der Waals surface area contributed by atoms with Gasteiger partial charge in [-0.2, -0.15) is 0 Å². The van der Waals surface area contributed by atoms with E-state index in [4.69, 9.17) is 33.3 Å². The van der Waals surface area contributed by atoms with Crippen LogP contribution in [0.3, 0.4) is 0 Å². The highest BCUT2D eigenvalue weighted by Gasteiger charge is 2.24. The molecule has 0 spiro atoms. The summed E-state index contributed by atoms with van der Waals surface area (Å²) in [6.07, 6.45) is -0.336. The fraction of sp³-hybridized carbons (Fsp3) is 0.300. The second-order valence-electron chi connectivity index (χ2n) is 6.50. The highest BCUT2D eigenvalue weighted by atomic mass is 35.5. The Kier molecular flexibility index (Phi) is 7.00. The molecule has 0 amide bonds. The predicted molar refractivity (Wildman–Crippen MR) is 111 cm³/mol. The van der Waals surface area contributed by atoms with E-state index in [1.54, 1.807) is 0 Å². The number of thiocarbonyl (C=S) groups is 1. The van der Waals surface area contributed by atoms with Gasteiger partial charge in [0.1, 0.15) is 30.1 Å². The van der Waals surface area contributed by atoms with E-state index < -0.39 is 11.6 Å². The van der Waals surface area contributed by atoms with Crippen molar-refractivity contribution in [2.45, 2.75) is 13.0 Å². The Bertz CT molecular complexity index is 929. The molecule has 1 atom stereocenters. The predicted octanol–water partition coefficient (Wildman–Crippen LogP) is 4.30. The lowest BCUT2D eigenvalue weighted by Gasteiger charge is -2.34. The lowest BCUT2D eigenvalue weighted by molar-refractivity contribution is -0.0281. The number of hydrogen-bond acceptors (Lipinski definition) is 4. The number of morpholine rings is 1. The Morgan fingerprint density at radius 2 is 2.14 bits per heavy atom. The number of nitrogens with one attached hydrogen (secondary N) is 1. The minimum Gasteiger partial charge on any atom is -0.490 e. The number of carbonyl (C=O) groups excluding carboxylic acids is 1. The number of benzene rings is 2. The zero-order chi connectivity index (χ0) is 21.0.